The second kappa shape index (κ2) is 8.63. The zero-order valence-corrected chi connectivity index (χ0v) is 12.9. The zero-order chi connectivity index (χ0) is 15.8. The minimum Gasteiger partial charge on any atom is -0.395 e. The highest BCUT2D eigenvalue weighted by molar-refractivity contribution is 5.21. The summed E-state index contributed by atoms with van der Waals surface area (Å²) in [5.41, 5.74) is 2.17. The van der Waals surface area contributed by atoms with Gasteiger partial charge in [-0.05, 0) is 29.8 Å². The van der Waals surface area contributed by atoms with E-state index < -0.39 is 0 Å². The van der Waals surface area contributed by atoms with Crippen molar-refractivity contribution in [1.82, 2.24) is 10.2 Å². The Balaban J connectivity index is 2.22. The number of aliphatic hydroxyl groups is 1. The second-order valence-electron chi connectivity index (χ2n) is 5.19. The topological polar surface area (TPSA) is 35.5 Å². The third kappa shape index (κ3) is 4.63. The molecule has 1 unspecified atom stereocenters. The predicted octanol–water partition coefficient (Wildman–Crippen LogP) is 2.93. The van der Waals surface area contributed by atoms with Crippen molar-refractivity contribution in [1.29, 1.82) is 0 Å². The molecule has 0 aliphatic rings. The Morgan fingerprint density at radius 3 is 2.36 bits per heavy atom. The van der Waals surface area contributed by atoms with E-state index in [1.807, 2.05) is 25.1 Å². The lowest BCUT2D eigenvalue weighted by Gasteiger charge is -2.32. The fourth-order valence-corrected chi connectivity index (χ4v) is 2.54. The molecule has 0 spiro atoms. The number of rotatable bonds is 8. The van der Waals surface area contributed by atoms with Crippen LogP contribution in [0.2, 0.25) is 0 Å². The van der Waals surface area contributed by atoms with Crippen LogP contribution in [0.4, 0.5) is 4.39 Å². The first-order chi connectivity index (χ1) is 10.7. The molecule has 2 aromatic carbocycles. The maximum absolute atomic E-state index is 13.2. The Hall–Kier alpha value is -1.75. The van der Waals surface area contributed by atoms with Crippen molar-refractivity contribution < 1.29 is 9.50 Å². The summed E-state index contributed by atoms with van der Waals surface area (Å²) in [6.07, 6.45) is -0.0574. The van der Waals surface area contributed by atoms with E-state index in [4.69, 9.17) is 0 Å². The molecule has 0 radical (unpaired) electrons. The van der Waals surface area contributed by atoms with Crippen molar-refractivity contribution in [3.05, 3.63) is 71.5 Å². The molecule has 1 atom stereocenters. The van der Waals surface area contributed by atoms with Gasteiger partial charge in [-0.15, -0.1) is 0 Å². The predicted molar refractivity (Wildman–Crippen MR) is 86.8 cm³/mol. The molecule has 0 bridgehead atoms. The number of nitrogens with zero attached hydrogens (tertiary/aromatic N) is 1. The molecule has 0 amide bonds. The van der Waals surface area contributed by atoms with E-state index in [-0.39, 0.29) is 18.6 Å². The van der Waals surface area contributed by atoms with E-state index in [9.17, 15) is 9.50 Å². The SMILES string of the molecule is CCNC(c1ccc(F)cc1)N(CCO)Cc1ccccc1. The normalized spacial score (nSPS) is 12.5. The van der Waals surface area contributed by atoms with Crippen LogP contribution in [0, 0.1) is 5.82 Å². The van der Waals surface area contributed by atoms with Gasteiger partial charge >= 0.3 is 0 Å². The van der Waals surface area contributed by atoms with E-state index in [1.165, 1.54) is 17.7 Å². The summed E-state index contributed by atoms with van der Waals surface area (Å²) in [5, 5.41) is 12.8. The highest BCUT2D eigenvalue weighted by atomic mass is 19.1. The summed E-state index contributed by atoms with van der Waals surface area (Å²) < 4.78 is 13.2. The number of nitrogens with one attached hydrogen (secondary N) is 1. The number of aliphatic hydroxyl groups excluding tert-OH is 1. The van der Waals surface area contributed by atoms with Gasteiger partial charge in [-0.2, -0.15) is 0 Å². The lowest BCUT2D eigenvalue weighted by atomic mass is 10.1. The number of halogens is 1. The van der Waals surface area contributed by atoms with E-state index in [2.05, 4.69) is 22.3 Å². The Morgan fingerprint density at radius 1 is 1.09 bits per heavy atom. The highest BCUT2D eigenvalue weighted by Gasteiger charge is 2.19. The average Bonchev–Trinajstić information content (AvgIpc) is 2.54. The average molecular weight is 302 g/mol. The van der Waals surface area contributed by atoms with Crippen LogP contribution >= 0.6 is 0 Å². The summed E-state index contributed by atoms with van der Waals surface area (Å²) in [7, 11) is 0. The highest BCUT2D eigenvalue weighted by Crippen LogP contribution is 2.20. The maximum atomic E-state index is 13.2. The van der Waals surface area contributed by atoms with Crippen LogP contribution in [0.3, 0.4) is 0 Å². The Kier molecular flexibility index (Phi) is 6.52. The van der Waals surface area contributed by atoms with Crippen molar-refractivity contribution in [3.63, 3.8) is 0 Å². The van der Waals surface area contributed by atoms with Crippen molar-refractivity contribution in [2.24, 2.45) is 0 Å². The van der Waals surface area contributed by atoms with Gasteiger partial charge in [0.15, 0.2) is 0 Å². The van der Waals surface area contributed by atoms with Gasteiger partial charge in [-0.25, -0.2) is 4.39 Å². The zero-order valence-electron chi connectivity index (χ0n) is 12.9. The molecule has 2 rings (SSSR count). The molecule has 0 saturated carbocycles. The first-order valence-electron chi connectivity index (χ1n) is 7.62. The lowest BCUT2D eigenvalue weighted by Crippen LogP contribution is -2.39. The minimum atomic E-state index is -0.240. The van der Waals surface area contributed by atoms with Gasteiger partial charge in [0.05, 0.1) is 12.8 Å². The molecule has 0 saturated heterocycles. The van der Waals surface area contributed by atoms with Gasteiger partial charge in [-0.3, -0.25) is 10.2 Å². The van der Waals surface area contributed by atoms with E-state index >= 15 is 0 Å². The fraction of sp³-hybridized carbons (Fsp3) is 0.333. The van der Waals surface area contributed by atoms with Crippen molar-refractivity contribution in [2.75, 3.05) is 19.7 Å². The third-order valence-electron chi connectivity index (χ3n) is 3.56. The molecule has 22 heavy (non-hydrogen) atoms. The molecule has 4 heteroatoms. The van der Waals surface area contributed by atoms with Crippen LogP contribution in [0.5, 0.6) is 0 Å². The largest absolute Gasteiger partial charge is 0.395 e. The van der Waals surface area contributed by atoms with Crippen molar-refractivity contribution in [2.45, 2.75) is 19.6 Å². The van der Waals surface area contributed by atoms with Gasteiger partial charge in [0.2, 0.25) is 0 Å². The van der Waals surface area contributed by atoms with Gasteiger partial charge in [0.25, 0.3) is 0 Å². The molecule has 2 N–H and O–H groups in total. The van der Waals surface area contributed by atoms with E-state index in [0.29, 0.717) is 6.54 Å². The van der Waals surface area contributed by atoms with Crippen LogP contribution in [0.25, 0.3) is 0 Å². The van der Waals surface area contributed by atoms with Crippen LogP contribution < -0.4 is 5.32 Å². The van der Waals surface area contributed by atoms with Crippen molar-refractivity contribution >= 4 is 0 Å². The number of hydrogen-bond acceptors (Lipinski definition) is 3. The first kappa shape index (κ1) is 16.6. The summed E-state index contributed by atoms with van der Waals surface area (Å²) >= 11 is 0. The van der Waals surface area contributed by atoms with Gasteiger partial charge in [0.1, 0.15) is 5.82 Å². The third-order valence-corrected chi connectivity index (χ3v) is 3.56. The molecular formula is C18H23FN2O. The molecule has 0 fully saturated rings. The smallest absolute Gasteiger partial charge is 0.123 e. The quantitative estimate of drug-likeness (QED) is 0.736. The fourth-order valence-electron chi connectivity index (χ4n) is 2.54. The standard InChI is InChI=1S/C18H23FN2O/c1-2-20-18(16-8-10-17(19)11-9-16)21(12-13-22)14-15-6-4-3-5-7-15/h3-11,18,20,22H,2,12-14H2,1H3. The molecule has 0 aromatic heterocycles. The van der Waals surface area contributed by atoms with Crippen molar-refractivity contribution in [3.8, 4) is 0 Å². The van der Waals surface area contributed by atoms with Gasteiger partial charge in [-0.1, -0.05) is 49.4 Å². The second-order valence-corrected chi connectivity index (χ2v) is 5.19. The molecular weight excluding hydrogens is 279 g/mol. The summed E-state index contributed by atoms with van der Waals surface area (Å²) in [5.74, 6) is -0.240. The first-order valence-corrected chi connectivity index (χ1v) is 7.62. The van der Waals surface area contributed by atoms with Gasteiger partial charge < -0.3 is 5.11 Å². The van der Waals surface area contributed by atoms with Crippen LogP contribution in [-0.2, 0) is 6.54 Å². The maximum Gasteiger partial charge on any atom is 0.123 e. The number of benzene rings is 2. The molecule has 0 heterocycles. The molecule has 0 aliphatic heterocycles. The van der Waals surface area contributed by atoms with E-state index in [0.717, 1.165) is 18.7 Å². The minimum absolute atomic E-state index is 0.0574. The molecule has 3 nitrogen and oxygen atoms in total. The van der Waals surface area contributed by atoms with Crippen LogP contribution in [0.15, 0.2) is 54.6 Å². The summed E-state index contributed by atoms with van der Waals surface area (Å²) in [4.78, 5) is 2.16. The Morgan fingerprint density at radius 2 is 1.77 bits per heavy atom. The summed E-state index contributed by atoms with van der Waals surface area (Å²) in [6, 6.07) is 16.7. The van der Waals surface area contributed by atoms with E-state index in [1.54, 1.807) is 12.1 Å². The lowest BCUT2D eigenvalue weighted by molar-refractivity contribution is 0.123. The number of hydrogen-bond donors (Lipinski definition) is 2. The Bertz CT molecular complexity index is 545. The monoisotopic (exact) mass is 302 g/mol. The molecule has 118 valence electrons. The summed E-state index contributed by atoms with van der Waals surface area (Å²) in [6.45, 7) is 4.17. The Labute approximate surface area is 131 Å². The molecule has 2 aromatic rings. The molecule has 0 aliphatic carbocycles. The van der Waals surface area contributed by atoms with Gasteiger partial charge in [0, 0.05) is 13.1 Å². The van der Waals surface area contributed by atoms with Crippen LogP contribution in [0.1, 0.15) is 24.2 Å². The van der Waals surface area contributed by atoms with Crippen LogP contribution in [-0.4, -0.2) is 29.7 Å².